The Morgan fingerprint density at radius 1 is 1.03 bits per heavy atom. The van der Waals surface area contributed by atoms with Crippen LogP contribution in [0.2, 0.25) is 0 Å². The van der Waals surface area contributed by atoms with Crippen LogP contribution in [0.5, 0.6) is 23.3 Å². The molecule has 0 radical (unpaired) electrons. The third kappa shape index (κ3) is 3.94. The Morgan fingerprint density at radius 2 is 1.83 bits per heavy atom. The summed E-state index contributed by atoms with van der Waals surface area (Å²) in [7, 11) is 0. The third-order valence-electron chi connectivity index (χ3n) is 5.97. The van der Waals surface area contributed by atoms with E-state index in [0.717, 1.165) is 11.2 Å². The molecule has 10 nitrogen and oxygen atoms in total. The van der Waals surface area contributed by atoms with E-state index in [1.54, 1.807) is 41.4 Å². The van der Waals surface area contributed by atoms with Gasteiger partial charge >= 0.3 is 6.09 Å². The topological polar surface area (TPSA) is 126 Å². The summed E-state index contributed by atoms with van der Waals surface area (Å²) in [5.41, 5.74) is 3.55. The summed E-state index contributed by atoms with van der Waals surface area (Å²) in [6.45, 7) is 1.02. The lowest BCUT2D eigenvalue weighted by atomic mass is 10.1. The molecule has 1 amide bonds. The second-order valence-corrected chi connectivity index (χ2v) is 8.28. The number of ether oxygens (including phenoxy) is 2. The number of hydrogen-bond acceptors (Lipinski definition) is 7. The Labute approximate surface area is 205 Å². The van der Waals surface area contributed by atoms with Gasteiger partial charge in [-0.15, -0.1) is 0 Å². The van der Waals surface area contributed by atoms with Gasteiger partial charge < -0.3 is 24.7 Å². The van der Waals surface area contributed by atoms with Gasteiger partial charge in [0.2, 0.25) is 0 Å². The molecule has 1 saturated heterocycles. The summed E-state index contributed by atoms with van der Waals surface area (Å²) in [4.78, 5) is 25.7. The Balaban J connectivity index is 1.37. The van der Waals surface area contributed by atoms with Gasteiger partial charge in [-0.3, -0.25) is 14.5 Å². The number of aromatic hydroxyl groups is 2. The highest BCUT2D eigenvalue weighted by atomic mass is 16.6. The van der Waals surface area contributed by atoms with E-state index < -0.39 is 0 Å². The first-order chi connectivity index (χ1) is 17.5. The van der Waals surface area contributed by atoms with Crippen molar-refractivity contribution >= 4 is 22.8 Å². The summed E-state index contributed by atoms with van der Waals surface area (Å²) in [6, 6.07) is 19.2. The molecule has 1 aliphatic heterocycles. The zero-order valence-electron chi connectivity index (χ0n) is 19.0. The van der Waals surface area contributed by atoms with Crippen molar-refractivity contribution in [1.29, 1.82) is 0 Å². The van der Waals surface area contributed by atoms with Gasteiger partial charge in [-0.2, -0.15) is 0 Å². The number of carbonyl (C=O) groups is 1. The number of hydrogen-bond donors (Lipinski definition) is 3. The monoisotopic (exact) mass is 483 g/mol. The molecule has 10 heteroatoms. The second-order valence-electron chi connectivity index (χ2n) is 8.28. The maximum absolute atomic E-state index is 11.8. The largest absolute Gasteiger partial charge is 0.494 e. The van der Waals surface area contributed by atoms with E-state index in [1.165, 1.54) is 16.7 Å². The Bertz CT molecular complexity index is 1540. The summed E-state index contributed by atoms with van der Waals surface area (Å²) in [5, 5.41) is 20.4. The van der Waals surface area contributed by atoms with E-state index in [0.29, 0.717) is 47.2 Å². The van der Waals surface area contributed by atoms with E-state index in [-0.39, 0.29) is 24.4 Å². The number of cyclic esters (lactones) is 1. The number of amides is 1. The van der Waals surface area contributed by atoms with E-state index in [2.05, 4.69) is 15.0 Å². The van der Waals surface area contributed by atoms with E-state index >= 15 is 0 Å². The highest BCUT2D eigenvalue weighted by molar-refractivity contribution is 5.89. The fourth-order valence-corrected chi connectivity index (χ4v) is 4.15. The van der Waals surface area contributed by atoms with Crippen molar-refractivity contribution in [3.63, 3.8) is 0 Å². The van der Waals surface area contributed by atoms with Crippen LogP contribution in [0.4, 0.5) is 10.5 Å². The number of benzene rings is 2. The van der Waals surface area contributed by atoms with Crippen molar-refractivity contribution in [2.45, 2.75) is 6.54 Å². The molecule has 0 saturated carbocycles. The summed E-state index contributed by atoms with van der Waals surface area (Å²) < 4.78 is 12.6. The lowest BCUT2D eigenvalue weighted by Crippen LogP contribution is -2.22. The Kier molecular flexibility index (Phi) is 5.18. The van der Waals surface area contributed by atoms with Gasteiger partial charge in [0.25, 0.3) is 0 Å². The molecule has 1 aliphatic rings. The molecular formula is C26H21N5O5. The molecular weight excluding hydrogens is 462 g/mol. The average molecular weight is 483 g/mol. The molecule has 0 spiro atoms. The first-order valence-electron chi connectivity index (χ1n) is 11.3. The van der Waals surface area contributed by atoms with Gasteiger partial charge in [0.05, 0.1) is 24.1 Å². The minimum absolute atomic E-state index is 0.0702. The molecule has 180 valence electrons. The van der Waals surface area contributed by atoms with Gasteiger partial charge in [0.1, 0.15) is 23.8 Å². The standard InChI is InChI=1S/C26H21N5O5/c32-23-8-9-24(33)31(23)15-16-13-20-21(29-25(28-20)19-3-1-2-10-27-19)14-22(16)36-18-6-4-17(5-7-18)30-11-12-35-26(30)34/h1-10,13-14,32-33H,11-12,15H2,(H,28,29). The van der Waals surface area contributed by atoms with Crippen molar-refractivity contribution in [3.05, 3.63) is 78.5 Å². The van der Waals surface area contributed by atoms with E-state index in [4.69, 9.17) is 9.47 Å². The number of carbonyl (C=O) groups excluding carboxylic acids is 1. The number of rotatable bonds is 6. The van der Waals surface area contributed by atoms with Crippen LogP contribution in [0.1, 0.15) is 5.56 Å². The van der Waals surface area contributed by atoms with Crippen molar-refractivity contribution in [2.24, 2.45) is 0 Å². The number of anilines is 1. The highest BCUT2D eigenvalue weighted by Gasteiger charge is 2.23. The molecule has 0 unspecified atom stereocenters. The minimum atomic E-state index is -0.370. The molecule has 36 heavy (non-hydrogen) atoms. The van der Waals surface area contributed by atoms with Gasteiger partial charge in [-0.05, 0) is 42.5 Å². The van der Waals surface area contributed by atoms with Gasteiger partial charge in [0, 0.05) is 35.6 Å². The number of pyridine rings is 1. The molecule has 3 N–H and O–H groups in total. The van der Waals surface area contributed by atoms with Crippen LogP contribution in [0.3, 0.4) is 0 Å². The number of nitrogens with one attached hydrogen (secondary N) is 1. The molecule has 2 aromatic carbocycles. The van der Waals surface area contributed by atoms with E-state index in [1.807, 2.05) is 24.3 Å². The molecule has 4 heterocycles. The molecule has 0 aliphatic carbocycles. The normalized spacial score (nSPS) is 13.3. The summed E-state index contributed by atoms with van der Waals surface area (Å²) in [5.74, 6) is 1.52. The van der Waals surface area contributed by atoms with Crippen LogP contribution in [-0.2, 0) is 11.3 Å². The van der Waals surface area contributed by atoms with Crippen molar-refractivity contribution < 1.29 is 24.5 Å². The second kappa shape index (κ2) is 8.66. The van der Waals surface area contributed by atoms with Crippen molar-refractivity contribution in [2.75, 3.05) is 18.1 Å². The molecule has 0 bridgehead atoms. The minimum Gasteiger partial charge on any atom is -0.494 e. The first kappa shape index (κ1) is 21.5. The zero-order chi connectivity index (χ0) is 24.6. The lowest BCUT2D eigenvalue weighted by Gasteiger charge is -2.15. The fourth-order valence-electron chi connectivity index (χ4n) is 4.15. The summed E-state index contributed by atoms with van der Waals surface area (Å²) in [6.07, 6.45) is 1.33. The van der Waals surface area contributed by atoms with Gasteiger partial charge in [-0.1, -0.05) is 6.07 Å². The predicted molar refractivity (Wildman–Crippen MR) is 131 cm³/mol. The molecule has 3 aromatic heterocycles. The number of H-pyrrole nitrogens is 1. The Morgan fingerprint density at radius 3 is 2.53 bits per heavy atom. The van der Waals surface area contributed by atoms with Crippen LogP contribution in [0, 0.1) is 0 Å². The zero-order valence-corrected chi connectivity index (χ0v) is 19.0. The maximum atomic E-state index is 11.8. The quantitative estimate of drug-likeness (QED) is 0.321. The maximum Gasteiger partial charge on any atom is 0.414 e. The van der Waals surface area contributed by atoms with E-state index in [9.17, 15) is 15.0 Å². The van der Waals surface area contributed by atoms with Crippen molar-refractivity contribution in [1.82, 2.24) is 19.5 Å². The number of aromatic nitrogens is 4. The number of nitrogens with zero attached hydrogens (tertiary/aromatic N) is 4. The number of fused-ring (bicyclic) bond motifs is 1. The molecule has 5 aromatic rings. The van der Waals surface area contributed by atoms with Gasteiger partial charge in [-0.25, -0.2) is 9.78 Å². The molecule has 6 rings (SSSR count). The van der Waals surface area contributed by atoms with Crippen molar-refractivity contribution in [3.8, 4) is 34.8 Å². The fraction of sp³-hybridized carbons (Fsp3) is 0.115. The lowest BCUT2D eigenvalue weighted by molar-refractivity contribution is 0.181. The predicted octanol–water partition coefficient (Wildman–Crippen LogP) is 4.63. The third-order valence-corrected chi connectivity index (χ3v) is 5.97. The number of imidazole rings is 1. The highest BCUT2D eigenvalue weighted by Crippen LogP contribution is 2.34. The van der Waals surface area contributed by atoms with Gasteiger partial charge in [0.15, 0.2) is 17.6 Å². The van der Waals surface area contributed by atoms with Crippen LogP contribution in [0.15, 0.2) is 72.9 Å². The molecule has 1 fully saturated rings. The molecule has 0 atom stereocenters. The smallest absolute Gasteiger partial charge is 0.414 e. The SMILES string of the molecule is O=C1OCCN1c1ccc(Oc2cc3nc(-c4ccccn4)[nH]c3cc2Cn2c(O)ccc2O)cc1. The van der Waals surface area contributed by atoms with Crippen LogP contribution >= 0.6 is 0 Å². The Hall–Kier alpha value is -4.99. The van der Waals surface area contributed by atoms with Crippen LogP contribution in [0.25, 0.3) is 22.6 Å². The average Bonchev–Trinajstić information content (AvgIpc) is 3.60. The van der Waals surface area contributed by atoms with Crippen LogP contribution < -0.4 is 9.64 Å². The summed E-state index contributed by atoms with van der Waals surface area (Å²) >= 11 is 0. The van der Waals surface area contributed by atoms with Crippen LogP contribution in [-0.4, -0.2) is 49.0 Å². The number of aromatic amines is 1. The first-order valence-corrected chi connectivity index (χ1v) is 11.3.